The average Bonchev–Trinajstić information content (AvgIpc) is 2.30. The zero-order chi connectivity index (χ0) is 11.5. The predicted molar refractivity (Wildman–Crippen MR) is 58.8 cm³/mol. The number of carbonyl (C=O) groups is 1. The molecular formula is C11H9N3O2. The molecule has 0 saturated carbocycles. The maximum Gasteiger partial charge on any atom is 0.336 e. The Morgan fingerprint density at radius 2 is 1.81 bits per heavy atom. The Kier molecular flexibility index (Phi) is 2.51. The molecule has 0 atom stereocenters. The molecular weight excluding hydrogens is 206 g/mol. The van der Waals surface area contributed by atoms with E-state index in [-0.39, 0.29) is 11.5 Å². The Morgan fingerprint density at radius 1 is 1.19 bits per heavy atom. The number of anilines is 1. The SMILES string of the molecule is Nc1ncc(-c2ccccc2C(=O)O)cn1. The molecule has 0 bridgehead atoms. The van der Waals surface area contributed by atoms with Crippen LogP contribution in [0.25, 0.3) is 11.1 Å². The fraction of sp³-hybridized carbons (Fsp3) is 0. The minimum absolute atomic E-state index is 0.163. The maximum absolute atomic E-state index is 11.0. The topological polar surface area (TPSA) is 89.1 Å². The van der Waals surface area contributed by atoms with Crippen LogP contribution in [0.5, 0.6) is 0 Å². The predicted octanol–water partition coefficient (Wildman–Crippen LogP) is 1.42. The standard InChI is InChI=1S/C11H9N3O2/c12-11-13-5-7(6-14-11)8-3-1-2-4-9(8)10(15)16/h1-6H,(H,15,16)(H2,12,13,14). The van der Waals surface area contributed by atoms with Gasteiger partial charge in [-0.3, -0.25) is 0 Å². The van der Waals surface area contributed by atoms with Gasteiger partial charge in [0.1, 0.15) is 0 Å². The number of aromatic carboxylic acids is 1. The molecule has 5 nitrogen and oxygen atoms in total. The minimum atomic E-state index is -0.979. The highest BCUT2D eigenvalue weighted by molar-refractivity contribution is 5.95. The van der Waals surface area contributed by atoms with Crippen molar-refractivity contribution in [3.8, 4) is 11.1 Å². The first-order valence-corrected chi connectivity index (χ1v) is 4.58. The Bertz CT molecular complexity index is 523. The fourth-order valence-electron chi connectivity index (χ4n) is 1.40. The third-order valence-corrected chi connectivity index (χ3v) is 2.14. The second-order valence-corrected chi connectivity index (χ2v) is 3.18. The van der Waals surface area contributed by atoms with Gasteiger partial charge in [0.2, 0.25) is 5.95 Å². The fourth-order valence-corrected chi connectivity index (χ4v) is 1.40. The summed E-state index contributed by atoms with van der Waals surface area (Å²) in [6, 6.07) is 6.68. The summed E-state index contributed by atoms with van der Waals surface area (Å²) >= 11 is 0. The molecule has 0 spiro atoms. The van der Waals surface area contributed by atoms with Crippen molar-refractivity contribution >= 4 is 11.9 Å². The van der Waals surface area contributed by atoms with E-state index in [0.717, 1.165) is 0 Å². The van der Waals surface area contributed by atoms with Gasteiger partial charge in [-0.05, 0) is 11.6 Å². The van der Waals surface area contributed by atoms with Gasteiger partial charge in [0.05, 0.1) is 5.56 Å². The van der Waals surface area contributed by atoms with Gasteiger partial charge in [0, 0.05) is 18.0 Å². The number of benzene rings is 1. The molecule has 5 heteroatoms. The Labute approximate surface area is 91.6 Å². The largest absolute Gasteiger partial charge is 0.478 e. The summed E-state index contributed by atoms with van der Waals surface area (Å²) in [7, 11) is 0. The molecule has 0 saturated heterocycles. The zero-order valence-corrected chi connectivity index (χ0v) is 8.29. The first-order valence-electron chi connectivity index (χ1n) is 4.58. The number of carboxylic acid groups (broad SMARTS) is 1. The number of nitrogens with zero attached hydrogens (tertiary/aromatic N) is 2. The molecule has 1 aromatic carbocycles. The second kappa shape index (κ2) is 3.98. The second-order valence-electron chi connectivity index (χ2n) is 3.18. The molecule has 16 heavy (non-hydrogen) atoms. The molecule has 3 N–H and O–H groups in total. The van der Waals surface area contributed by atoms with Crippen LogP contribution in [0.15, 0.2) is 36.7 Å². The lowest BCUT2D eigenvalue weighted by molar-refractivity contribution is 0.0698. The van der Waals surface area contributed by atoms with E-state index >= 15 is 0 Å². The molecule has 1 heterocycles. The smallest absolute Gasteiger partial charge is 0.336 e. The number of carboxylic acids is 1. The van der Waals surface area contributed by atoms with Gasteiger partial charge in [-0.15, -0.1) is 0 Å². The van der Waals surface area contributed by atoms with Crippen molar-refractivity contribution < 1.29 is 9.90 Å². The van der Waals surface area contributed by atoms with E-state index in [4.69, 9.17) is 10.8 Å². The molecule has 0 fully saturated rings. The average molecular weight is 215 g/mol. The van der Waals surface area contributed by atoms with E-state index in [2.05, 4.69) is 9.97 Å². The van der Waals surface area contributed by atoms with Crippen molar-refractivity contribution in [2.45, 2.75) is 0 Å². The van der Waals surface area contributed by atoms with E-state index in [1.165, 1.54) is 18.5 Å². The van der Waals surface area contributed by atoms with Crippen LogP contribution in [-0.2, 0) is 0 Å². The normalized spacial score (nSPS) is 10.0. The van der Waals surface area contributed by atoms with Crippen LogP contribution in [-0.4, -0.2) is 21.0 Å². The Morgan fingerprint density at radius 3 is 2.44 bits per heavy atom. The van der Waals surface area contributed by atoms with Crippen molar-refractivity contribution in [3.63, 3.8) is 0 Å². The molecule has 0 amide bonds. The van der Waals surface area contributed by atoms with Crippen molar-refractivity contribution in [1.82, 2.24) is 9.97 Å². The van der Waals surface area contributed by atoms with Gasteiger partial charge < -0.3 is 10.8 Å². The van der Waals surface area contributed by atoms with Crippen LogP contribution in [0.1, 0.15) is 10.4 Å². The van der Waals surface area contributed by atoms with Crippen LogP contribution in [0, 0.1) is 0 Å². The number of rotatable bonds is 2. The Hall–Kier alpha value is -2.43. The van der Waals surface area contributed by atoms with E-state index in [9.17, 15) is 4.79 Å². The van der Waals surface area contributed by atoms with Gasteiger partial charge >= 0.3 is 5.97 Å². The molecule has 0 radical (unpaired) electrons. The summed E-state index contributed by atoms with van der Waals surface area (Å²) in [4.78, 5) is 18.7. The summed E-state index contributed by atoms with van der Waals surface area (Å²) in [5.41, 5.74) is 6.79. The van der Waals surface area contributed by atoms with E-state index in [1.807, 2.05) is 0 Å². The Balaban J connectivity index is 2.55. The molecule has 2 rings (SSSR count). The zero-order valence-electron chi connectivity index (χ0n) is 8.29. The molecule has 2 aromatic rings. The minimum Gasteiger partial charge on any atom is -0.478 e. The third-order valence-electron chi connectivity index (χ3n) is 2.14. The number of nitrogen functional groups attached to an aromatic ring is 1. The lowest BCUT2D eigenvalue weighted by Crippen LogP contribution is -2.00. The summed E-state index contributed by atoms with van der Waals surface area (Å²) in [5.74, 6) is -0.816. The van der Waals surface area contributed by atoms with Crippen LogP contribution in [0.3, 0.4) is 0 Å². The summed E-state index contributed by atoms with van der Waals surface area (Å²) in [6.07, 6.45) is 3.01. The van der Waals surface area contributed by atoms with Crippen LogP contribution in [0.4, 0.5) is 5.95 Å². The van der Waals surface area contributed by atoms with E-state index in [0.29, 0.717) is 11.1 Å². The molecule has 0 aliphatic heterocycles. The van der Waals surface area contributed by atoms with Crippen LogP contribution >= 0.6 is 0 Å². The molecule has 0 aliphatic rings. The van der Waals surface area contributed by atoms with E-state index in [1.54, 1.807) is 18.2 Å². The first-order chi connectivity index (χ1) is 7.68. The van der Waals surface area contributed by atoms with Gasteiger partial charge in [-0.2, -0.15) is 0 Å². The monoisotopic (exact) mass is 215 g/mol. The van der Waals surface area contributed by atoms with Gasteiger partial charge in [0.25, 0.3) is 0 Å². The lowest BCUT2D eigenvalue weighted by Gasteiger charge is -2.04. The number of aromatic nitrogens is 2. The quantitative estimate of drug-likeness (QED) is 0.790. The van der Waals surface area contributed by atoms with Crippen LogP contribution in [0.2, 0.25) is 0 Å². The maximum atomic E-state index is 11.0. The lowest BCUT2D eigenvalue weighted by atomic mass is 10.0. The van der Waals surface area contributed by atoms with Crippen molar-refractivity contribution in [3.05, 3.63) is 42.2 Å². The molecule has 0 aliphatic carbocycles. The molecule has 80 valence electrons. The van der Waals surface area contributed by atoms with Crippen molar-refractivity contribution in [2.24, 2.45) is 0 Å². The first kappa shape index (κ1) is 10.1. The van der Waals surface area contributed by atoms with Gasteiger partial charge in [-0.25, -0.2) is 14.8 Å². The number of nitrogens with two attached hydrogens (primary N) is 1. The van der Waals surface area contributed by atoms with Gasteiger partial charge in [-0.1, -0.05) is 18.2 Å². The van der Waals surface area contributed by atoms with Crippen molar-refractivity contribution in [2.75, 3.05) is 5.73 Å². The van der Waals surface area contributed by atoms with Crippen molar-refractivity contribution in [1.29, 1.82) is 0 Å². The number of hydrogen-bond acceptors (Lipinski definition) is 4. The molecule has 1 aromatic heterocycles. The highest BCUT2D eigenvalue weighted by Gasteiger charge is 2.10. The summed E-state index contributed by atoms with van der Waals surface area (Å²) in [5, 5.41) is 9.02. The van der Waals surface area contributed by atoms with Crippen LogP contribution < -0.4 is 5.73 Å². The highest BCUT2D eigenvalue weighted by Crippen LogP contribution is 2.22. The van der Waals surface area contributed by atoms with E-state index < -0.39 is 5.97 Å². The highest BCUT2D eigenvalue weighted by atomic mass is 16.4. The molecule has 0 unspecified atom stereocenters. The third kappa shape index (κ3) is 1.83. The summed E-state index contributed by atoms with van der Waals surface area (Å²) < 4.78 is 0. The van der Waals surface area contributed by atoms with Gasteiger partial charge in [0.15, 0.2) is 0 Å². The summed E-state index contributed by atoms with van der Waals surface area (Å²) in [6.45, 7) is 0. The number of hydrogen-bond donors (Lipinski definition) is 2.